The van der Waals surface area contributed by atoms with E-state index in [2.05, 4.69) is 11.9 Å². The number of nitrogens with one attached hydrogen (secondary N) is 1. The topological polar surface area (TPSA) is 12.0 Å². The first-order valence-corrected chi connectivity index (χ1v) is 3.80. The van der Waals surface area contributed by atoms with Crippen molar-refractivity contribution in [1.82, 2.24) is 5.32 Å². The Kier molecular flexibility index (Phi) is 3.91. The third-order valence-electron chi connectivity index (χ3n) is 0.562. The molecular weight excluding hydrogens is 138 g/mol. The first-order valence-electron chi connectivity index (χ1n) is 2.17. The standard InChI is InChI=1S/C5H9NS2/c1-4(7)6-5(2)8-3/h2H2,1,3H3,(H,6,7). The molecule has 0 aliphatic rings. The summed E-state index contributed by atoms with van der Waals surface area (Å²) in [6.07, 6.45) is 1.95. The lowest BCUT2D eigenvalue weighted by Crippen LogP contribution is -2.13. The van der Waals surface area contributed by atoms with E-state index in [1.807, 2.05) is 13.2 Å². The fourth-order valence-corrected chi connectivity index (χ4v) is 0.690. The van der Waals surface area contributed by atoms with Crippen molar-refractivity contribution in [3.8, 4) is 0 Å². The third-order valence-corrected chi connectivity index (χ3v) is 1.26. The van der Waals surface area contributed by atoms with Gasteiger partial charge in [0.25, 0.3) is 0 Å². The van der Waals surface area contributed by atoms with Gasteiger partial charge in [0.05, 0.1) is 10.0 Å². The summed E-state index contributed by atoms with van der Waals surface area (Å²) < 4.78 is 0. The highest BCUT2D eigenvalue weighted by atomic mass is 32.2. The van der Waals surface area contributed by atoms with Crippen molar-refractivity contribution in [3.63, 3.8) is 0 Å². The maximum atomic E-state index is 4.75. The van der Waals surface area contributed by atoms with Gasteiger partial charge in [-0.05, 0) is 13.2 Å². The van der Waals surface area contributed by atoms with E-state index in [0.29, 0.717) is 0 Å². The molecule has 0 saturated heterocycles. The summed E-state index contributed by atoms with van der Waals surface area (Å²) in [7, 11) is 0. The first-order chi connectivity index (χ1) is 3.66. The lowest BCUT2D eigenvalue weighted by Gasteiger charge is -2.01. The van der Waals surface area contributed by atoms with E-state index in [4.69, 9.17) is 12.2 Å². The van der Waals surface area contributed by atoms with E-state index >= 15 is 0 Å². The smallest absolute Gasteiger partial charge is 0.0769 e. The van der Waals surface area contributed by atoms with Crippen molar-refractivity contribution in [2.24, 2.45) is 0 Å². The maximum Gasteiger partial charge on any atom is 0.0769 e. The second-order valence-corrected chi connectivity index (χ2v) is 2.82. The van der Waals surface area contributed by atoms with Gasteiger partial charge in [-0.2, -0.15) is 0 Å². The number of rotatable bonds is 2. The Balaban J connectivity index is 3.40. The minimum absolute atomic E-state index is 0.768. The molecule has 0 atom stereocenters. The summed E-state index contributed by atoms with van der Waals surface area (Å²) in [5, 5.41) is 3.79. The van der Waals surface area contributed by atoms with Gasteiger partial charge in [-0.15, -0.1) is 11.8 Å². The molecule has 0 saturated carbocycles. The van der Waals surface area contributed by atoms with Gasteiger partial charge in [0, 0.05) is 0 Å². The van der Waals surface area contributed by atoms with E-state index < -0.39 is 0 Å². The molecule has 1 N–H and O–H groups in total. The molecule has 0 aromatic carbocycles. The van der Waals surface area contributed by atoms with Crippen LogP contribution in [0.4, 0.5) is 0 Å². The number of thiocarbonyl (C=S) groups is 1. The van der Waals surface area contributed by atoms with Gasteiger partial charge < -0.3 is 5.32 Å². The van der Waals surface area contributed by atoms with Gasteiger partial charge >= 0.3 is 0 Å². The van der Waals surface area contributed by atoms with E-state index in [9.17, 15) is 0 Å². The summed E-state index contributed by atoms with van der Waals surface area (Å²) in [5.74, 6) is 0. The summed E-state index contributed by atoms with van der Waals surface area (Å²) >= 11 is 6.31. The van der Waals surface area contributed by atoms with Crippen molar-refractivity contribution < 1.29 is 0 Å². The van der Waals surface area contributed by atoms with Crippen LogP contribution in [0.2, 0.25) is 0 Å². The zero-order valence-corrected chi connectivity index (χ0v) is 6.66. The summed E-state index contributed by atoms with van der Waals surface area (Å²) in [6.45, 7) is 5.51. The molecule has 0 bridgehead atoms. The maximum absolute atomic E-state index is 4.75. The third kappa shape index (κ3) is 4.15. The Morgan fingerprint density at radius 3 is 2.38 bits per heavy atom. The normalized spacial score (nSPS) is 8.25. The molecule has 0 aliphatic heterocycles. The van der Waals surface area contributed by atoms with Crippen LogP contribution in [0.5, 0.6) is 0 Å². The second kappa shape index (κ2) is 3.92. The zero-order valence-electron chi connectivity index (χ0n) is 5.02. The number of hydrogen-bond acceptors (Lipinski definition) is 2. The largest absolute Gasteiger partial charge is 0.345 e. The average molecular weight is 147 g/mol. The van der Waals surface area contributed by atoms with Crippen LogP contribution in [0.3, 0.4) is 0 Å². The van der Waals surface area contributed by atoms with Crippen molar-refractivity contribution in [3.05, 3.63) is 11.6 Å². The summed E-state index contributed by atoms with van der Waals surface area (Å²) in [5.41, 5.74) is 0. The van der Waals surface area contributed by atoms with Crippen LogP contribution in [-0.2, 0) is 0 Å². The predicted molar refractivity (Wildman–Crippen MR) is 44.1 cm³/mol. The summed E-state index contributed by atoms with van der Waals surface area (Å²) in [6, 6.07) is 0. The van der Waals surface area contributed by atoms with Crippen LogP contribution in [-0.4, -0.2) is 11.2 Å². The van der Waals surface area contributed by atoms with Gasteiger partial charge in [-0.3, -0.25) is 0 Å². The molecule has 0 rings (SSSR count). The highest BCUT2D eigenvalue weighted by Gasteiger charge is 1.86. The van der Waals surface area contributed by atoms with Crippen molar-refractivity contribution in [1.29, 1.82) is 0 Å². The van der Waals surface area contributed by atoms with E-state index in [0.717, 1.165) is 10.0 Å². The quantitative estimate of drug-likeness (QED) is 0.598. The lowest BCUT2D eigenvalue weighted by molar-refractivity contribution is 1.28. The molecule has 0 spiro atoms. The minimum Gasteiger partial charge on any atom is -0.345 e. The molecule has 0 heterocycles. The highest BCUT2D eigenvalue weighted by Crippen LogP contribution is 2.02. The van der Waals surface area contributed by atoms with Gasteiger partial charge in [-0.25, -0.2) is 0 Å². The fourth-order valence-electron chi connectivity index (χ4n) is 0.247. The number of hydrogen-bond donors (Lipinski definition) is 1. The van der Waals surface area contributed by atoms with Crippen LogP contribution in [0.15, 0.2) is 11.6 Å². The highest BCUT2D eigenvalue weighted by molar-refractivity contribution is 8.02. The molecule has 8 heavy (non-hydrogen) atoms. The van der Waals surface area contributed by atoms with Gasteiger partial charge in [0.15, 0.2) is 0 Å². The Morgan fingerprint density at radius 1 is 1.75 bits per heavy atom. The van der Waals surface area contributed by atoms with Gasteiger partial charge in [0.1, 0.15) is 0 Å². The molecule has 0 radical (unpaired) electrons. The molecule has 0 aromatic heterocycles. The van der Waals surface area contributed by atoms with Crippen LogP contribution >= 0.6 is 24.0 Å². The van der Waals surface area contributed by atoms with Gasteiger partial charge in [0.2, 0.25) is 0 Å². The molecule has 46 valence electrons. The molecule has 0 fully saturated rings. The van der Waals surface area contributed by atoms with E-state index in [1.54, 1.807) is 11.8 Å². The Morgan fingerprint density at radius 2 is 2.25 bits per heavy atom. The molecular formula is C5H9NS2. The monoisotopic (exact) mass is 147 g/mol. The lowest BCUT2D eigenvalue weighted by atomic mass is 10.7. The molecule has 0 aliphatic carbocycles. The zero-order chi connectivity index (χ0) is 6.57. The second-order valence-electron chi connectivity index (χ2n) is 1.31. The van der Waals surface area contributed by atoms with Crippen molar-refractivity contribution >= 4 is 29.0 Å². The van der Waals surface area contributed by atoms with Crippen LogP contribution in [0.1, 0.15) is 6.92 Å². The Hall–Kier alpha value is -0.0200. The van der Waals surface area contributed by atoms with Crippen LogP contribution < -0.4 is 5.32 Å². The molecule has 3 heteroatoms. The van der Waals surface area contributed by atoms with Crippen LogP contribution in [0.25, 0.3) is 0 Å². The van der Waals surface area contributed by atoms with Gasteiger partial charge in [-0.1, -0.05) is 18.8 Å². The average Bonchev–Trinajstić information content (AvgIpc) is 1.65. The Labute approximate surface area is 59.5 Å². The molecule has 1 nitrogen and oxygen atoms in total. The Bertz CT molecular complexity index is 109. The minimum atomic E-state index is 0.768. The number of thioether (sulfide) groups is 1. The fraction of sp³-hybridized carbons (Fsp3) is 0.400. The predicted octanol–water partition coefficient (Wildman–Crippen LogP) is 1.76. The SMILES string of the molecule is C=C(NC(C)=S)SC. The van der Waals surface area contributed by atoms with E-state index in [1.165, 1.54) is 0 Å². The molecule has 0 amide bonds. The molecule has 0 unspecified atom stereocenters. The van der Waals surface area contributed by atoms with Crippen molar-refractivity contribution in [2.75, 3.05) is 6.26 Å². The van der Waals surface area contributed by atoms with Crippen molar-refractivity contribution in [2.45, 2.75) is 6.92 Å². The first kappa shape index (κ1) is 7.98. The molecule has 0 aromatic rings. The van der Waals surface area contributed by atoms with E-state index in [-0.39, 0.29) is 0 Å². The van der Waals surface area contributed by atoms with Crippen LogP contribution in [0, 0.1) is 0 Å². The summed E-state index contributed by atoms with van der Waals surface area (Å²) in [4.78, 5) is 0.768.